The zero-order valence-corrected chi connectivity index (χ0v) is 25.6. The van der Waals surface area contributed by atoms with E-state index in [2.05, 4.69) is 18.6 Å². The van der Waals surface area contributed by atoms with E-state index in [1.165, 1.54) is 102 Å². The second kappa shape index (κ2) is 21.1. The molecule has 0 saturated heterocycles. The molecule has 0 saturated carbocycles. The van der Waals surface area contributed by atoms with Gasteiger partial charge < -0.3 is 14.2 Å². The summed E-state index contributed by atoms with van der Waals surface area (Å²) in [6.07, 6.45) is 23.3. The van der Waals surface area contributed by atoms with E-state index in [1.54, 1.807) is 0 Å². The van der Waals surface area contributed by atoms with Crippen LogP contribution in [-0.4, -0.2) is 37.1 Å². The van der Waals surface area contributed by atoms with Gasteiger partial charge in [-0.3, -0.25) is 0 Å². The Balaban J connectivity index is 1.78. The summed E-state index contributed by atoms with van der Waals surface area (Å²) in [6.45, 7) is 4.89. The van der Waals surface area contributed by atoms with Gasteiger partial charge in [0.05, 0.1) is 35.5 Å². The third-order valence-corrected chi connectivity index (χ3v) is 7.68. The molecule has 0 aliphatic carbocycles. The van der Waals surface area contributed by atoms with Crippen LogP contribution in [0.5, 0.6) is 0 Å². The van der Waals surface area contributed by atoms with Crippen LogP contribution in [0.15, 0.2) is 12.1 Å². The monoisotopic (exact) mass is 572 g/mol. The molecule has 0 radical (unpaired) electrons. The van der Waals surface area contributed by atoms with Gasteiger partial charge in [-0.15, -0.1) is 0 Å². The fourth-order valence-corrected chi connectivity index (χ4v) is 5.13. The van der Waals surface area contributed by atoms with Crippen molar-refractivity contribution in [2.24, 2.45) is 0 Å². The Morgan fingerprint density at radius 1 is 0.512 bits per heavy atom. The number of carbonyl (C=O) groups excluding carboxylic acids is 4. The standard InChI is InChI=1S/C34H52O7/c1-3-5-7-9-11-13-15-17-19-21-23-39-31(35)27-25-29-30(34(38)41-33(29)37)26-28(27)32(36)40-24-22-20-18-16-14-12-10-8-6-4-2/h25-26H,3-24H2,1-2H3. The molecule has 41 heavy (non-hydrogen) atoms. The molecule has 2 rings (SSSR count). The normalized spacial score (nSPS) is 12.3. The Kier molecular flexibility index (Phi) is 17.7. The van der Waals surface area contributed by atoms with Gasteiger partial charge in [-0.05, 0) is 25.0 Å². The molecule has 0 aromatic heterocycles. The minimum Gasteiger partial charge on any atom is -0.462 e. The molecule has 0 N–H and O–H groups in total. The first-order valence-electron chi connectivity index (χ1n) is 16.3. The summed E-state index contributed by atoms with van der Waals surface area (Å²) in [6, 6.07) is 2.45. The molecule has 0 amide bonds. The summed E-state index contributed by atoms with van der Waals surface area (Å²) in [4.78, 5) is 50.0. The molecule has 0 unspecified atom stereocenters. The van der Waals surface area contributed by atoms with Gasteiger partial charge >= 0.3 is 23.9 Å². The van der Waals surface area contributed by atoms with E-state index in [9.17, 15) is 19.2 Å². The number of hydrogen-bond donors (Lipinski definition) is 0. The predicted molar refractivity (Wildman–Crippen MR) is 160 cm³/mol. The third kappa shape index (κ3) is 13.2. The second-order valence-electron chi connectivity index (χ2n) is 11.3. The largest absolute Gasteiger partial charge is 0.462 e. The quantitative estimate of drug-likeness (QED) is 0.0527. The Bertz CT molecular complexity index is 878. The summed E-state index contributed by atoms with van der Waals surface area (Å²) in [5.41, 5.74) is -0.217. The van der Waals surface area contributed by atoms with E-state index < -0.39 is 23.9 Å². The molecule has 0 fully saturated rings. The average Bonchev–Trinajstić information content (AvgIpc) is 3.25. The highest BCUT2D eigenvalue weighted by Gasteiger charge is 2.34. The fourth-order valence-electron chi connectivity index (χ4n) is 5.13. The van der Waals surface area contributed by atoms with Crippen LogP contribution >= 0.6 is 0 Å². The smallest absolute Gasteiger partial charge is 0.346 e. The molecule has 0 atom stereocenters. The molecule has 0 bridgehead atoms. The predicted octanol–water partition coefficient (Wildman–Crippen LogP) is 9.15. The molecule has 1 aromatic carbocycles. The lowest BCUT2D eigenvalue weighted by Gasteiger charge is -2.11. The number of carbonyl (C=O) groups is 4. The lowest BCUT2D eigenvalue weighted by Crippen LogP contribution is -2.16. The number of esters is 4. The van der Waals surface area contributed by atoms with Crippen LogP contribution in [-0.2, 0) is 14.2 Å². The van der Waals surface area contributed by atoms with Crippen molar-refractivity contribution in [3.05, 3.63) is 34.4 Å². The zero-order chi connectivity index (χ0) is 29.7. The molecule has 7 heteroatoms. The van der Waals surface area contributed by atoms with Gasteiger partial charge in [0.2, 0.25) is 0 Å². The zero-order valence-electron chi connectivity index (χ0n) is 25.6. The van der Waals surface area contributed by atoms with E-state index in [0.717, 1.165) is 38.5 Å². The van der Waals surface area contributed by atoms with Crippen molar-refractivity contribution in [3.8, 4) is 0 Å². The Morgan fingerprint density at radius 2 is 0.805 bits per heavy atom. The summed E-state index contributed by atoms with van der Waals surface area (Å²) in [5.74, 6) is -3.08. The van der Waals surface area contributed by atoms with Gasteiger partial charge in [-0.25, -0.2) is 19.2 Å². The van der Waals surface area contributed by atoms with Gasteiger partial charge in [0, 0.05) is 0 Å². The maximum Gasteiger partial charge on any atom is 0.346 e. The van der Waals surface area contributed by atoms with Crippen molar-refractivity contribution in [2.45, 2.75) is 142 Å². The van der Waals surface area contributed by atoms with E-state index in [4.69, 9.17) is 9.47 Å². The van der Waals surface area contributed by atoms with Gasteiger partial charge in [0.15, 0.2) is 0 Å². The van der Waals surface area contributed by atoms with Crippen molar-refractivity contribution >= 4 is 23.9 Å². The highest BCUT2D eigenvalue weighted by molar-refractivity contribution is 6.17. The van der Waals surface area contributed by atoms with Gasteiger partial charge in [-0.1, -0.05) is 129 Å². The average molecular weight is 573 g/mol. The molecule has 230 valence electrons. The third-order valence-electron chi connectivity index (χ3n) is 7.68. The first-order valence-corrected chi connectivity index (χ1v) is 16.3. The molecule has 1 heterocycles. The number of rotatable bonds is 24. The van der Waals surface area contributed by atoms with Crippen molar-refractivity contribution in [3.63, 3.8) is 0 Å². The van der Waals surface area contributed by atoms with Crippen LogP contribution in [0.25, 0.3) is 0 Å². The van der Waals surface area contributed by atoms with Gasteiger partial charge in [-0.2, -0.15) is 0 Å². The van der Waals surface area contributed by atoms with Crippen LogP contribution in [0.4, 0.5) is 0 Å². The molecule has 1 aromatic rings. The van der Waals surface area contributed by atoms with Crippen LogP contribution in [0, 0.1) is 0 Å². The van der Waals surface area contributed by atoms with Crippen LogP contribution in [0.2, 0.25) is 0 Å². The fraction of sp³-hybridized carbons (Fsp3) is 0.706. The molecule has 0 spiro atoms. The van der Waals surface area contributed by atoms with Crippen molar-refractivity contribution in [1.82, 2.24) is 0 Å². The summed E-state index contributed by atoms with van der Waals surface area (Å²) in [5, 5.41) is 0. The van der Waals surface area contributed by atoms with Crippen molar-refractivity contribution in [1.29, 1.82) is 0 Å². The van der Waals surface area contributed by atoms with Crippen LogP contribution < -0.4 is 0 Å². The molecular formula is C34H52O7. The summed E-state index contributed by atoms with van der Waals surface area (Å²) >= 11 is 0. The molecule has 1 aliphatic rings. The maximum atomic E-state index is 12.9. The van der Waals surface area contributed by atoms with E-state index in [-0.39, 0.29) is 35.5 Å². The second-order valence-corrected chi connectivity index (χ2v) is 11.3. The number of unbranched alkanes of at least 4 members (excludes halogenated alkanes) is 18. The molecular weight excluding hydrogens is 520 g/mol. The summed E-state index contributed by atoms with van der Waals surface area (Å²) in [7, 11) is 0. The van der Waals surface area contributed by atoms with E-state index in [0.29, 0.717) is 0 Å². The summed E-state index contributed by atoms with van der Waals surface area (Å²) < 4.78 is 15.5. The number of ether oxygens (including phenoxy) is 3. The van der Waals surface area contributed by atoms with Crippen molar-refractivity contribution in [2.75, 3.05) is 13.2 Å². The van der Waals surface area contributed by atoms with Gasteiger partial charge in [0.25, 0.3) is 0 Å². The number of cyclic esters (lactones) is 2. The van der Waals surface area contributed by atoms with Gasteiger partial charge in [0.1, 0.15) is 0 Å². The number of benzene rings is 1. The minimum atomic E-state index is -0.834. The van der Waals surface area contributed by atoms with E-state index in [1.807, 2.05) is 0 Å². The van der Waals surface area contributed by atoms with Crippen LogP contribution in [0.3, 0.4) is 0 Å². The first kappa shape index (κ1) is 34.5. The Labute approximate surface area is 247 Å². The topological polar surface area (TPSA) is 96.0 Å². The lowest BCUT2D eigenvalue weighted by atomic mass is 9.99. The lowest BCUT2D eigenvalue weighted by molar-refractivity contribution is 0.0442. The maximum absolute atomic E-state index is 12.9. The molecule has 7 nitrogen and oxygen atoms in total. The Hall–Kier alpha value is -2.70. The van der Waals surface area contributed by atoms with Crippen LogP contribution in [0.1, 0.15) is 184 Å². The molecule has 1 aliphatic heterocycles. The SMILES string of the molecule is CCCCCCCCCCCCOC(=O)c1cc2c(cc1C(=O)OCCCCCCCCCCCC)C(=O)OC2=O. The highest BCUT2D eigenvalue weighted by Crippen LogP contribution is 2.26. The number of hydrogen-bond acceptors (Lipinski definition) is 7. The highest BCUT2D eigenvalue weighted by atomic mass is 16.6. The minimum absolute atomic E-state index is 0.0351. The van der Waals surface area contributed by atoms with E-state index >= 15 is 0 Å². The van der Waals surface area contributed by atoms with Crippen molar-refractivity contribution < 1.29 is 33.4 Å². The number of fused-ring (bicyclic) bond motifs is 1. The Morgan fingerprint density at radius 3 is 1.12 bits per heavy atom. The first-order chi connectivity index (χ1) is 20.0.